The van der Waals surface area contributed by atoms with Gasteiger partial charge in [0, 0.05) is 6.92 Å². The van der Waals surface area contributed by atoms with Gasteiger partial charge in [0.1, 0.15) is 24.1 Å². The molecule has 0 bridgehead atoms. The van der Waals surface area contributed by atoms with E-state index in [0.717, 1.165) is 9.98 Å². The Morgan fingerprint density at radius 2 is 1.62 bits per heavy atom. The van der Waals surface area contributed by atoms with E-state index in [9.17, 15) is 13.2 Å². The highest BCUT2D eigenvalue weighted by Gasteiger charge is 2.33. The number of hydrogen-bond acceptors (Lipinski definition) is 7. The summed E-state index contributed by atoms with van der Waals surface area (Å²) >= 11 is 0. The van der Waals surface area contributed by atoms with Gasteiger partial charge in [-0.2, -0.15) is 17.9 Å². The van der Waals surface area contributed by atoms with Crippen LogP contribution in [0.25, 0.3) is 0 Å². The molecule has 0 aliphatic rings. The lowest BCUT2D eigenvalue weighted by Crippen LogP contribution is -2.43. The molecule has 2 rings (SSSR count). The van der Waals surface area contributed by atoms with Gasteiger partial charge in [0.05, 0.1) is 30.9 Å². The predicted molar refractivity (Wildman–Crippen MR) is 123 cm³/mol. The summed E-state index contributed by atoms with van der Waals surface area (Å²) in [6.45, 7) is 6.69. The molecule has 0 amide bonds. The van der Waals surface area contributed by atoms with E-state index in [1.807, 2.05) is 20.8 Å². The fourth-order valence-electron chi connectivity index (χ4n) is 2.98. The van der Waals surface area contributed by atoms with Crippen LogP contribution < -0.4 is 9.47 Å². The van der Waals surface area contributed by atoms with Gasteiger partial charge in [0.2, 0.25) is 0 Å². The highest BCUT2D eigenvalue weighted by molar-refractivity contribution is 7.89. The van der Waals surface area contributed by atoms with E-state index in [2.05, 4.69) is 5.10 Å². The lowest BCUT2D eigenvalue weighted by molar-refractivity contribution is -0.142. The Hall–Kier alpha value is -3.07. The summed E-state index contributed by atoms with van der Waals surface area (Å²) in [4.78, 5) is 11.5. The van der Waals surface area contributed by atoms with Crippen LogP contribution in [0.1, 0.15) is 31.9 Å². The molecule has 0 radical (unpaired) electrons. The second kappa shape index (κ2) is 11.0. The minimum absolute atomic E-state index is 0.0840. The molecule has 1 atom stereocenters. The highest BCUT2D eigenvalue weighted by atomic mass is 32.2. The first-order chi connectivity index (χ1) is 15.1. The van der Waals surface area contributed by atoms with Crippen LogP contribution in [0.5, 0.6) is 11.5 Å². The van der Waals surface area contributed by atoms with Gasteiger partial charge >= 0.3 is 5.97 Å². The number of esters is 1. The van der Waals surface area contributed by atoms with Crippen LogP contribution in [0.15, 0.2) is 52.5 Å². The molecule has 9 heteroatoms. The Balaban J connectivity index is 2.62. The van der Waals surface area contributed by atoms with Crippen molar-refractivity contribution in [3.05, 3.63) is 53.6 Å². The maximum atomic E-state index is 13.6. The summed E-state index contributed by atoms with van der Waals surface area (Å²) in [5, 5.41) is 4.35. The van der Waals surface area contributed by atoms with Crippen molar-refractivity contribution >= 4 is 22.2 Å². The third-order valence-electron chi connectivity index (χ3n) is 4.84. The summed E-state index contributed by atoms with van der Waals surface area (Å²) in [7, 11) is -1.05. The summed E-state index contributed by atoms with van der Waals surface area (Å²) in [6.07, 6.45) is 1.38. The van der Waals surface area contributed by atoms with Crippen molar-refractivity contribution in [2.24, 2.45) is 11.0 Å². The van der Waals surface area contributed by atoms with Gasteiger partial charge in [-0.1, -0.05) is 37.6 Å². The number of methoxy groups -OCH3 is 2. The molecule has 0 saturated heterocycles. The van der Waals surface area contributed by atoms with Crippen molar-refractivity contribution in [3.63, 3.8) is 0 Å². The lowest BCUT2D eigenvalue weighted by atomic mass is 10.1. The largest absolute Gasteiger partial charge is 0.496 e. The standard InChI is InChI=1S/C23H30N2O6S/c1-16(2)21(15-31-18(4)26)25(32(27,28)19-12-10-17(3)11-13-19)24-14-20-22(29-5)8-7-9-23(20)30-6/h7-14,16,21H,15H2,1-6H3/b24-14+. The number of nitrogens with zero attached hydrogens (tertiary/aromatic N) is 2. The van der Waals surface area contributed by atoms with Crippen LogP contribution >= 0.6 is 0 Å². The Bertz CT molecular complexity index is 1030. The van der Waals surface area contributed by atoms with E-state index in [4.69, 9.17) is 14.2 Å². The van der Waals surface area contributed by atoms with Crippen LogP contribution in [0.2, 0.25) is 0 Å². The van der Waals surface area contributed by atoms with Crippen molar-refractivity contribution in [2.75, 3.05) is 20.8 Å². The fourth-order valence-corrected chi connectivity index (χ4v) is 4.51. The van der Waals surface area contributed by atoms with E-state index >= 15 is 0 Å². The van der Waals surface area contributed by atoms with Crippen LogP contribution in [0.3, 0.4) is 0 Å². The fraction of sp³-hybridized carbons (Fsp3) is 0.391. The molecule has 0 spiro atoms. The summed E-state index contributed by atoms with van der Waals surface area (Å²) < 4.78 is 44.1. The van der Waals surface area contributed by atoms with Gasteiger partial charge in [0.25, 0.3) is 10.0 Å². The van der Waals surface area contributed by atoms with E-state index in [0.29, 0.717) is 17.1 Å². The Labute approximate surface area is 189 Å². The number of ether oxygens (including phenoxy) is 3. The smallest absolute Gasteiger partial charge is 0.302 e. The normalized spacial score (nSPS) is 12.6. The maximum Gasteiger partial charge on any atom is 0.302 e. The molecule has 32 heavy (non-hydrogen) atoms. The summed E-state index contributed by atoms with van der Waals surface area (Å²) in [5.74, 6) is 0.244. The van der Waals surface area contributed by atoms with Crippen LogP contribution in [0, 0.1) is 12.8 Å². The second-order valence-electron chi connectivity index (χ2n) is 7.53. The molecule has 0 aliphatic carbocycles. The molecule has 0 saturated carbocycles. The Kier molecular flexibility index (Phi) is 8.65. The van der Waals surface area contributed by atoms with E-state index in [1.165, 1.54) is 39.5 Å². The molecular weight excluding hydrogens is 432 g/mol. The number of hydrazone groups is 1. The van der Waals surface area contributed by atoms with Crippen molar-refractivity contribution in [1.29, 1.82) is 0 Å². The molecule has 0 aliphatic heterocycles. The third-order valence-corrected chi connectivity index (χ3v) is 6.57. The zero-order chi connectivity index (χ0) is 23.9. The van der Waals surface area contributed by atoms with Gasteiger partial charge in [0.15, 0.2) is 0 Å². The van der Waals surface area contributed by atoms with Crippen molar-refractivity contribution in [2.45, 2.75) is 38.6 Å². The molecule has 174 valence electrons. The third kappa shape index (κ3) is 6.00. The van der Waals surface area contributed by atoms with Crippen molar-refractivity contribution < 1.29 is 27.4 Å². The van der Waals surface area contributed by atoms with E-state index < -0.39 is 22.0 Å². The minimum atomic E-state index is -4.06. The minimum Gasteiger partial charge on any atom is -0.496 e. The molecule has 0 N–H and O–H groups in total. The van der Waals surface area contributed by atoms with E-state index in [1.54, 1.807) is 30.3 Å². The molecule has 2 aromatic carbocycles. The average molecular weight is 463 g/mol. The molecule has 1 unspecified atom stereocenters. The summed E-state index contributed by atoms with van der Waals surface area (Å²) in [5.41, 5.74) is 1.41. The van der Waals surface area contributed by atoms with E-state index in [-0.39, 0.29) is 17.4 Å². The lowest BCUT2D eigenvalue weighted by Gasteiger charge is -2.30. The quantitative estimate of drug-likeness (QED) is 0.304. The topological polar surface area (TPSA) is 94.5 Å². The average Bonchev–Trinajstić information content (AvgIpc) is 2.75. The van der Waals surface area contributed by atoms with Crippen LogP contribution in [-0.2, 0) is 19.6 Å². The van der Waals surface area contributed by atoms with Gasteiger partial charge in [-0.3, -0.25) is 4.79 Å². The first kappa shape index (κ1) is 25.2. The number of hydrogen-bond donors (Lipinski definition) is 0. The second-order valence-corrected chi connectivity index (χ2v) is 9.32. The molecule has 0 fully saturated rings. The molecular formula is C23H30N2O6S. The predicted octanol–water partition coefficient (Wildman–Crippen LogP) is 3.62. The van der Waals surface area contributed by atoms with Crippen LogP contribution in [0.4, 0.5) is 0 Å². The highest BCUT2D eigenvalue weighted by Crippen LogP contribution is 2.28. The number of benzene rings is 2. The molecule has 0 heterocycles. The first-order valence-electron chi connectivity index (χ1n) is 10.1. The number of carbonyl (C=O) groups is 1. The number of rotatable bonds is 10. The van der Waals surface area contributed by atoms with Gasteiger partial charge in [-0.05, 0) is 37.1 Å². The first-order valence-corrected chi connectivity index (χ1v) is 11.5. The number of aryl methyl sites for hydroxylation is 1. The van der Waals surface area contributed by atoms with Crippen molar-refractivity contribution in [1.82, 2.24) is 4.41 Å². The molecule has 8 nitrogen and oxygen atoms in total. The van der Waals surface area contributed by atoms with Gasteiger partial charge < -0.3 is 14.2 Å². The Morgan fingerprint density at radius 3 is 2.09 bits per heavy atom. The number of sulfonamides is 1. The molecule has 0 aromatic heterocycles. The summed E-state index contributed by atoms with van der Waals surface area (Å²) in [6, 6.07) is 11.0. The van der Waals surface area contributed by atoms with Gasteiger partial charge in [-0.25, -0.2) is 0 Å². The SMILES string of the molecule is COc1cccc(OC)c1/C=N/N(C(COC(C)=O)C(C)C)S(=O)(=O)c1ccc(C)cc1. The monoisotopic (exact) mass is 462 g/mol. The Morgan fingerprint density at radius 1 is 1.06 bits per heavy atom. The molecule has 2 aromatic rings. The van der Waals surface area contributed by atoms with Gasteiger partial charge in [-0.15, -0.1) is 0 Å². The van der Waals surface area contributed by atoms with Crippen molar-refractivity contribution in [3.8, 4) is 11.5 Å². The van der Waals surface area contributed by atoms with Crippen LogP contribution in [-0.4, -0.2) is 51.9 Å². The zero-order valence-corrected chi connectivity index (χ0v) is 20.0. The zero-order valence-electron chi connectivity index (χ0n) is 19.2. The maximum absolute atomic E-state index is 13.6. The number of carbonyl (C=O) groups excluding carboxylic acids is 1.